The van der Waals surface area contributed by atoms with Crippen molar-refractivity contribution in [1.82, 2.24) is 21.3 Å². The number of nitrogens with one attached hydrogen (secondary N) is 4. The number of quaternary nitrogens is 1. The number of nitrogens with zero attached hydrogens (tertiary/aromatic N) is 1. The second-order valence-electron chi connectivity index (χ2n) is 11.3. The number of likely N-dealkylation sites (N-methyl/N-ethyl adjacent to an activating group) is 1. The van der Waals surface area contributed by atoms with Crippen molar-refractivity contribution in [2.24, 2.45) is 5.73 Å². The first-order chi connectivity index (χ1) is 17.1. The lowest BCUT2D eigenvalue weighted by Gasteiger charge is -2.34. The fraction of sp³-hybridized carbons (Fsp3) is 0.840. The maximum absolute atomic E-state index is 12.1. The van der Waals surface area contributed by atoms with Gasteiger partial charge in [-0.05, 0) is 41.5 Å². The number of carbonyl (C=O) groups excluding carboxylic acids is 4. The molecule has 4 amide bonds. The van der Waals surface area contributed by atoms with Crippen LogP contribution in [0.1, 0.15) is 67.2 Å². The molecule has 6 N–H and O–H groups in total. The first-order valence-electron chi connectivity index (χ1n) is 13.1. The quantitative estimate of drug-likeness (QED) is 0.148. The number of alkyl carbamates (subject to hydrolysis) is 2. The average Bonchev–Trinajstić information content (AvgIpc) is 2.72. The first-order valence-corrected chi connectivity index (χ1v) is 13.1. The zero-order valence-corrected chi connectivity index (χ0v) is 24.0. The van der Waals surface area contributed by atoms with Crippen molar-refractivity contribution in [2.75, 3.05) is 59.4 Å². The van der Waals surface area contributed by atoms with Crippen LogP contribution in [0.25, 0.3) is 0 Å². The first kappa shape index (κ1) is 34.4. The Morgan fingerprint density at radius 1 is 0.649 bits per heavy atom. The Hall–Kier alpha value is -2.60. The van der Waals surface area contributed by atoms with E-state index in [0.717, 1.165) is 19.6 Å². The molecular weight excluding hydrogens is 480 g/mol. The van der Waals surface area contributed by atoms with Crippen molar-refractivity contribution >= 4 is 24.0 Å². The highest BCUT2D eigenvalue weighted by Gasteiger charge is 2.21. The molecule has 0 aromatic heterocycles. The molecule has 12 heteroatoms. The van der Waals surface area contributed by atoms with E-state index >= 15 is 0 Å². The molecule has 0 saturated carbocycles. The average molecular weight is 532 g/mol. The predicted molar refractivity (Wildman–Crippen MR) is 143 cm³/mol. The largest absolute Gasteiger partial charge is 0.444 e. The molecule has 0 aliphatic rings. The fourth-order valence-corrected chi connectivity index (χ4v) is 3.43. The van der Waals surface area contributed by atoms with E-state index in [1.807, 2.05) is 0 Å². The topological polar surface area (TPSA) is 161 Å². The normalized spacial score (nSPS) is 11.9. The summed E-state index contributed by atoms with van der Waals surface area (Å²) in [5.74, 6) is -0.158. The molecule has 0 aromatic rings. The molecular formula is C25H51N6O6+. The Kier molecular flexibility index (Phi) is 15.8. The molecule has 0 aliphatic carbocycles. The van der Waals surface area contributed by atoms with Crippen LogP contribution < -0.4 is 27.0 Å². The van der Waals surface area contributed by atoms with Crippen molar-refractivity contribution in [2.45, 2.75) is 78.4 Å². The van der Waals surface area contributed by atoms with Gasteiger partial charge in [0.25, 0.3) is 0 Å². The zero-order valence-electron chi connectivity index (χ0n) is 24.0. The Balaban J connectivity index is 4.12. The Morgan fingerprint density at radius 3 is 1.32 bits per heavy atom. The molecule has 0 radical (unpaired) electrons. The van der Waals surface area contributed by atoms with E-state index in [1.54, 1.807) is 41.5 Å². The van der Waals surface area contributed by atoms with E-state index < -0.39 is 23.4 Å². The minimum absolute atomic E-state index is 0.0790. The van der Waals surface area contributed by atoms with Gasteiger partial charge in [-0.25, -0.2) is 9.59 Å². The van der Waals surface area contributed by atoms with Crippen molar-refractivity contribution in [3.05, 3.63) is 0 Å². The van der Waals surface area contributed by atoms with E-state index in [4.69, 9.17) is 15.2 Å². The molecule has 0 saturated heterocycles. The molecule has 37 heavy (non-hydrogen) atoms. The van der Waals surface area contributed by atoms with Crippen molar-refractivity contribution in [3.8, 4) is 0 Å². The lowest BCUT2D eigenvalue weighted by molar-refractivity contribution is -0.908. The summed E-state index contributed by atoms with van der Waals surface area (Å²) in [6.07, 6.45) is 1.09. The fourth-order valence-electron chi connectivity index (χ4n) is 3.43. The molecule has 12 nitrogen and oxygen atoms in total. The number of amides is 4. The molecule has 0 heterocycles. The van der Waals surface area contributed by atoms with Crippen LogP contribution in [0.4, 0.5) is 9.59 Å². The van der Waals surface area contributed by atoms with Gasteiger partial charge in [0.1, 0.15) is 11.2 Å². The Labute approximate surface area is 222 Å². The van der Waals surface area contributed by atoms with Crippen LogP contribution in [0.5, 0.6) is 0 Å². The summed E-state index contributed by atoms with van der Waals surface area (Å²) in [7, 11) is 2.08. The summed E-state index contributed by atoms with van der Waals surface area (Å²) in [6, 6.07) is 0. The van der Waals surface area contributed by atoms with Gasteiger partial charge in [-0.1, -0.05) is 0 Å². The van der Waals surface area contributed by atoms with Crippen molar-refractivity contribution in [3.63, 3.8) is 0 Å². The van der Waals surface area contributed by atoms with E-state index in [2.05, 4.69) is 28.3 Å². The van der Waals surface area contributed by atoms with E-state index in [9.17, 15) is 19.2 Å². The second kappa shape index (κ2) is 17.0. The van der Waals surface area contributed by atoms with Gasteiger partial charge in [-0.3, -0.25) is 9.59 Å². The minimum Gasteiger partial charge on any atom is -0.444 e. The molecule has 216 valence electrons. The lowest BCUT2D eigenvalue weighted by Crippen LogP contribution is -2.49. The summed E-state index contributed by atoms with van der Waals surface area (Å²) < 4.78 is 11.0. The molecule has 0 aliphatic heterocycles. The number of rotatable bonds is 16. The van der Waals surface area contributed by atoms with Crippen LogP contribution in [0.3, 0.4) is 0 Å². The summed E-state index contributed by atoms with van der Waals surface area (Å²) in [5, 5.41) is 10.8. The SMILES string of the molecule is CC(C)(C)OC(=O)NCCNC(=O)CCC[N+](C)(CCN)CCCC(=O)NCCNC(=O)OC(C)(C)C. The van der Waals surface area contributed by atoms with Crippen LogP contribution >= 0.6 is 0 Å². The third kappa shape index (κ3) is 21.2. The number of ether oxygens (including phenoxy) is 2. The highest BCUT2D eigenvalue weighted by Crippen LogP contribution is 2.09. The Bertz CT molecular complexity index is 663. The number of hydrogen-bond acceptors (Lipinski definition) is 7. The van der Waals surface area contributed by atoms with Crippen LogP contribution in [-0.2, 0) is 19.1 Å². The van der Waals surface area contributed by atoms with Gasteiger partial charge >= 0.3 is 12.2 Å². The van der Waals surface area contributed by atoms with Gasteiger partial charge < -0.3 is 41.0 Å². The van der Waals surface area contributed by atoms with Gasteiger partial charge in [0.05, 0.1) is 26.7 Å². The third-order valence-electron chi connectivity index (χ3n) is 5.10. The van der Waals surface area contributed by atoms with Crippen LogP contribution in [0.2, 0.25) is 0 Å². The van der Waals surface area contributed by atoms with Gasteiger partial charge in [-0.2, -0.15) is 0 Å². The predicted octanol–water partition coefficient (Wildman–Crippen LogP) is 1.23. The van der Waals surface area contributed by atoms with Crippen LogP contribution in [0.15, 0.2) is 0 Å². The minimum atomic E-state index is -0.563. The summed E-state index contributed by atoms with van der Waals surface area (Å²) in [5.41, 5.74) is 4.67. The van der Waals surface area contributed by atoms with Crippen LogP contribution in [-0.4, -0.2) is 99.1 Å². The van der Waals surface area contributed by atoms with Gasteiger partial charge in [0.15, 0.2) is 0 Å². The molecule has 0 bridgehead atoms. The van der Waals surface area contributed by atoms with Crippen LogP contribution in [0, 0.1) is 0 Å². The van der Waals surface area contributed by atoms with E-state index in [0.29, 0.717) is 62.9 Å². The zero-order chi connectivity index (χ0) is 28.5. The van der Waals surface area contributed by atoms with E-state index in [-0.39, 0.29) is 11.8 Å². The number of nitrogens with two attached hydrogens (primary N) is 1. The number of hydrogen-bond donors (Lipinski definition) is 5. The molecule has 0 rings (SSSR count). The van der Waals surface area contributed by atoms with Gasteiger partial charge in [0, 0.05) is 58.4 Å². The monoisotopic (exact) mass is 531 g/mol. The molecule has 0 fully saturated rings. The standard InChI is InChI=1S/C25H50N6O6/c1-24(2,3)36-22(34)29-15-13-27-20(32)10-8-17-31(7,19-12-26)18-9-11-21(33)28-14-16-30-23(35)37-25(4,5)6/h8-19,26H2,1-7H3,(H3-,27,28,29,30,32,33,34,35)/p+1. The van der Waals surface area contributed by atoms with Gasteiger partial charge in [-0.15, -0.1) is 0 Å². The maximum Gasteiger partial charge on any atom is 0.407 e. The summed E-state index contributed by atoms with van der Waals surface area (Å²) >= 11 is 0. The molecule has 0 atom stereocenters. The third-order valence-corrected chi connectivity index (χ3v) is 5.10. The molecule has 0 unspecified atom stereocenters. The second-order valence-corrected chi connectivity index (χ2v) is 11.3. The van der Waals surface area contributed by atoms with Crippen molar-refractivity contribution in [1.29, 1.82) is 0 Å². The summed E-state index contributed by atoms with van der Waals surface area (Å²) in [6.45, 7) is 14.8. The highest BCUT2D eigenvalue weighted by atomic mass is 16.6. The molecule has 0 aromatic carbocycles. The summed E-state index contributed by atoms with van der Waals surface area (Å²) in [4.78, 5) is 47.5. The lowest BCUT2D eigenvalue weighted by atomic mass is 10.2. The van der Waals surface area contributed by atoms with E-state index in [1.165, 1.54) is 0 Å². The van der Waals surface area contributed by atoms with Gasteiger partial charge in [0.2, 0.25) is 11.8 Å². The highest BCUT2D eigenvalue weighted by molar-refractivity contribution is 5.76. The number of carbonyl (C=O) groups is 4. The smallest absolute Gasteiger partial charge is 0.407 e. The maximum atomic E-state index is 12.1. The molecule has 0 spiro atoms. The Morgan fingerprint density at radius 2 is 1.00 bits per heavy atom. The van der Waals surface area contributed by atoms with Crippen molar-refractivity contribution < 1.29 is 33.1 Å².